The van der Waals surface area contributed by atoms with Gasteiger partial charge in [0.05, 0.1) is 9.73 Å². The van der Waals surface area contributed by atoms with Crippen molar-refractivity contribution < 1.29 is 0 Å². The molecule has 0 amide bonds. The summed E-state index contributed by atoms with van der Waals surface area (Å²) in [7, 11) is 0. The Labute approximate surface area is 174 Å². The van der Waals surface area contributed by atoms with E-state index in [1.54, 1.807) is 11.3 Å². The second kappa shape index (κ2) is 7.43. The molecule has 3 aromatic rings. The molecular formula is C24H18S3. The van der Waals surface area contributed by atoms with Crippen LogP contribution in [0.4, 0.5) is 0 Å². The normalized spacial score (nSPS) is 13.9. The second-order valence-electron chi connectivity index (χ2n) is 6.65. The Balaban J connectivity index is 1.68. The number of thiophene rings is 1. The zero-order valence-corrected chi connectivity index (χ0v) is 17.6. The van der Waals surface area contributed by atoms with Gasteiger partial charge in [-0.3, -0.25) is 0 Å². The van der Waals surface area contributed by atoms with Crippen LogP contribution in [0, 0.1) is 6.92 Å². The molecule has 0 atom stereocenters. The first-order valence-corrected chi connectivity index (χ1v) is 10.4. The number of thiocarbonyl (C=S) groups is 2. The number of hydrogen-bond donors (Lipinski definition) is 0. The zero-order valence-electron chi connectivity index (χ0n) is 15.2. The molecule has 1 aliphatic rings. The van der Waals surface area contributed by atoms with Crippen molar-refractivity contribution in [3.8, 4) is 0 Å². The van der Waals surface area contributed by atoms with Crippen molar-refractivity contribution >= 4 is 63.2 Å². The van der Waals surface area contributed by atoms with E-state index in [1.807, 2.05) is 18.2 Å². The molecule has 0 aliphatic heterocycles. The fourth-order valence-corrected chi connectivity index (χ4v) is 5.13. The van der Waals surface area contributed by atoms with Gasteiger partial charge in [-0.05, 0) is 48.8 Å². The minimum Gasteiger partial charge on any atom is -0.136 e. The van der Waals surface area contributed by atoms with Crippen molar-refractivity contribution in [1.29, 1.82) is 0 Å². The van der Waals surface area contributed by atoms with Gasteiger partial charge in [-0.15, -0.1) is 11.3 Å². The Morgan fingerprint density at radius 1 is 0.889 bits per heavy atom. The van der Waals surface area contributed by atoms with E-state index in [1.165, 1.54) is 26.5 Å². The molecule has 0 radical (unpaired) electrons. The Morgan fingerprint density at radius 3 is 2.11 bits per heavy atom. The molecule has 27 heavy (non-hydrogen) atoms. The number of fused-ring (bicyclic) bond motifs is 1. The summed E-state index contributed by atoms with van der Waals surface area (Å²) >= 11 is 13.1. The topological polar surface area (TPSA) is 0 Å². The maximum atomic E-state index is 5.68. The number of aryl methyl sites for hydroxylation is 1. The molecule has 132 valence electrons. The molecule has 4 rings (SSSR count). The van der Waals surface area contributed by atoms with Gasteiger partial charge in [0.25, 0.3) is 0 Å². The summed E-state index contributed by atoms with van der Waals surface area (Å²) in [5.41, 5.74) is 6.94. The predicted molar refractivity (Wildman–Crippen MR) is 127 cm³/mol. The first-order chi connectivity index (χ1) is 13.0. The van der Waals surface area contributed by atoms with Gasteiger partial charge in [-0.1, -0.05) is 79.0 Å². The molecule has 0 fully saturated rings. The van der Waals surface area contributed by atoms with E-state index in [0.29, 0.717) is 0 Å². The summed E-state index contributed by atoms with van der Waals surface area (Å²) in [4.78, 5) is 4.18. The van der Waals surface area contributed by atoms with Gasteiger partial charge in [0.1, 0.15) is 0 Å². The Hall–Kier alpha value is -2.20. The van der Waals surface area contributed by atoms with Crippen molar-refractivity contribution in [2.75, 3.05) is 0 Å². The molecule has 0 nitrogen and oxygen atoms in total. The summed E-state index contributed by atoms with van der Waals surface area (Å²) in [5, 5.41) is 0. The first kappa shape index (κ1) is 18.2. The van der Waals surface area contributed by atoms with Crippen LogP contribution in [0.15, 0.2) is 66.2 Å². The highest BCUT2D eigenvalue weighted by molar-refractivity contribution is 7.84. The Morgan fingerprint density at radius 2 is 1.48 bits per heavy atom. The number of rotatable bonds is 3. The van der Waals surface area contributed by atoms with Gasteiger partial charge in [-0.25, -0.2) is 0 Å². The average Bonchev–Trinajstić information content (AvgIpc) is 3.15. The summed E-state index contributed by atoms with van der Waals surface area (Å²) in [6.45, 7) is 4.31. The van der Waals surface area contributed by atoms with Crippen LogP contribution in [0.5, 0.6) is 0 Å². The zero-order chi connectivity index (χ0) is 19.0. The van der Waals surface area contributed by atoms with Gasteiger partial charge in [0, 0.05) is 26.5 Å². The van der Waals surface area contributed by atoms with Crippen LogP contribution in [0.3, 0.4) is 0 Å². The smallest absolute Gasteiger partial charge is 0.0543 e. The lowest BCUT2D eigenvalue weighted by molar-refractivity contribution is 1.52. The molecule has 0 bridgehead atoms. The van der Waals surface area contributed by atoms with Crippen LogP contribution in [0.2, 0.25) is 0 Å². The Bertz CT molecular complexity index is 1070. The highest BCUT2D eigenvalue weighted by Gasteiger charge is 2.26. The van der Waals surface area contributed by atoms with Gasteiger partial charge in [0.15, 0.2) is 0 Å². The summed E-state index contributed by atoms with van der Waals surface area (Å²) in [6.07, 6.45) is 4.41. The van der Waals surface area contributed by atoms with Gasteiger partial charge >= 0.3 is 0 Å². The lowest BCUT2D eigenvalue weighted by Gasteiger charge is -2.00. The highest BCUT2D eigenvalue weighted by atomic mass is 32.1. The summed E-state index contributed by atoms with van der Waals surface area (Å²) in [5.74, 6) is 0. The number of benzene rings is 2. The van der Waals surface area contributed by atoms with Crippen LogP contribution in [-0.2, 0) is 0 Å². The number of hydrogen-bond acceptors (Lipinski definition) is 3. The lowest BCUT2D eigenvalue weighted by Crippen LogP contribution is -1.97. The SMILES string of the molecule is C/C(=C\c1sc(C=C2C(=S)c3ccccc3C2=S)cc1C)c1ccccc1. The maximum Gasteiger partial charge on any atom is 0.0543 e. The van der Waals surface area contributed by atoms with Crippen molar-refractivity contribution in [3.05, 3.63) is 98.2 Å². The fourth-order valence-electron chi connectivity index (χ4n) is 3.26. The first-order valence-electron chi connectivity index (χ1n) is 8.79. The van der Waals surface area contributed by atoms with Crippen LogP contribution < -0.4 is 0 Å². The Kier molecular flexibility index (Phi) is 5.00. The highest BCUT2D eigenvalue weighted by Crippen LogP contribution is 2.33. The molecule has 0 saturated heterocycles. The van der Waals surface area contributed by atoms with E-state index in [4.69, 9.17) is 24.4 Å². The predicted octanol–water partition coefficient (Wildman–Crippen LogP) is 7.15. The third-order valence-corrected chi connectivity index (χ3v) is 6.75. The quantitative estimate of drug-likeness (QED) is 0.337. The molecule has 0 spiro atoms. The van der Waals surface area contributed by atoms with E-state index in [9.17, 15) is 0 Å². The number of allylic oxidation sites excluding steroid dienone is 2. The van der Waals surface area contributed by atoms with Crippen molar-refractivity contribution in [3.63, 3.8) is 0 Å². The summed E-state index contributed by atoms with van der Waals surface area (Å²) in [6, 6.07) is 20.8. The lowest BCUT2D eigenvalue weighted by atomic mass is 10.1. The van der Waals surface area contributed by atoms with E-state index in [2.05, 4.69) is 68.5 Å². The molecule has 3 heteroatoms. The molecule has 0 N–H and O–H groups in total. The van der Waals surface area contributed by atoms with Crippen molar-refractivity contribution in [2.24, 2.45) is 0 Å². The average molecular weight is 403 g/mol. The molecule has 2 aromatic carbocycles. The fraction of sp³-hybridized carbons (Fsp3) is 0.0833. The third kappa shape index (κ3) is 3.51. The van der Waals surface area contributed by atoms with Crippen LogP contribution in [0.1, 0.15) is 38.9 Å². The van der Waals surface area contributed by atoms with E-state index in [-0.39, 0.29) is 0 Å². The van der Waals surface area contributed by atoms with Crippen molar-refractivity contribution in [2.45, 2.75) is 13.8 Å². The molecule has 1 aliphatic carbocycles. The standard InChI is InChI=1S/C24H18S3/c1-15(17-8-4-3-5-9-17)13-22-16(2)12-18(27-22)14-21-23(25)19-10-6-7-11-20(19)24(21)26/h3-14H,1-2H3/b15-13+. The van der Waals surface area contributed by atoms with Gasteiger partial charge in [0.2, 0.25) is 0 Å². The third-order valence-electron chi connectivity index (χ3n) is 4.74. The maximum absolute atomic E-state index is 5.68. The second-order valence-corrected chi connectivity index (χ2v) is 8.58. The molecular weight excluding hydrogens is 384 g/mol. The van der Waals surface area contributed by atoms with Crippen LogP contribution in [-0.4, -0.2) is 9.73 Å². The van der Waals surface area contributed by atoms with Crippen LogP contribution >= 0.6 is 35.8 Å². The largest absolute Gasteiger partial charge is 0.136 e. The summed E-state index contributed by atoms with van der Waals surface area (Å²) < 4.78 is 0. The minimum absolute atomic E-state index is 0.860. The van der Waals surface area contributed by atoms with Crippen LogP contribution in [0.25, 0.3) is 17.7 Å². The monoisotopic (exact) mass is 402 g/mol. The van der Waals surface area contributed by atoms with Crippen molar-refractivity contribution in [1.82, 2.24) is 0 Å². The van der Waals surface area contributed by atoms with Gasteiger partial charge < -0.3 is 0 Å². The molecule has 0 unspecified atom stereocenters. The molecule has 0 saturated carbocycles. The molecule has 1 heterocycles. The van der Waals surface area contributed by atoms with E-state index < -0.39 is 0 Å². The van der Waals surface area contributed by atoms with E-state index >= 15 is 0 Å². The minimum atomic E-state index is 0.860. The molecule has 1 aromatic heterocycles. The van der Waals surface area contributed by atoms with Gasteiger partial charge in [-0.2, -0.15) is 0 Å². The van der Waals surface area contributed by atoms with E-state index in [0.717, 1.165) is 26.4 Å².